The van der Waals surface area contributed by atoms with E-state index in [2.05, 4.69) is 4.99 Å². The van der Waals surface area contributed by atoms with Crippen LogP contribution < -0.4 is 0 Å². The number of hydrogen-bond acceptors (Lipinski definition) is 3. The van der Waals surface area contributed by atoms with Crippen molar-refractivity contribution < 1.29 is 4.92 Å². The van der Waals surface area contributed by atoms with Crippen LogP contribution in [-0.4, -0.2) is 11.1 Å². The van der Waals surface area contributed by atoms with Crippen molar-refractivity contribution in [3.63, 3.8) is 0 Å². The fourth-order valence-electron chi connectivity index (χ4n) is 1.28. The second-order valence-corrected chi connectivity index (χ2v) is 2.58. The number of hydrogen-bond donors (Lipinski definition) is 0. The van der Waals surface area contributed by atoms with Crippen LogP contribution in [0.4, 0.5) is 5.69 Å². The van der Waals surface area contributed by atoms with Crippen molar-refractivity contribution in [1.29, 1.82) is 0 Å². The Morgan fingerprint density at radius 2 is 2.33 bits per heavy atom. The lowest BCUT2D eigenvalue weighted by atomic mass is 10.1. The van der Waals surface area contributed by atoms with Crippen LogP contribution in [0.15, 0.2) is 23.2 Å². The summed E-state index contributed by atoms with van der Waals surface area (Å²) in [6.45, 7) is 0.566. The van der Waals surface area contributed by atoms with Crippen molar-refractivity contribution >= 4 is 11.9 Å². The first kappa shape index (κ1) is 6.97. The van der Waals surface area contributed by atoms with Crippen molar-refractivity contribution in [2.24, 2.45) is 4.99 Å². The number of aliphatic imine (C=N–C) groups is 1. The van der Waals surface area contributed by atoms with E-state index in [1.54, 1.807) is 12.3 Å². The third-order valence-electron chi connectivity index (χ3n) is 1.85. The summed E-state index contributed by atoms with van der Waals surface area (Å²) in [4.78, 5) is 14.1. The maximum absolute atomic E-state index is 10.5. The molecule has 1 aromatic carbocycles. The summed E-state index contributed by atoms with van der Waals surface area (Å²) in [7, 11) is 0. The number of nitrogens with zero attached hydrogens (tertiary/aromatic N) is 2. The van der Waals surface area contributed by atoms with E-state index in [1.165, 1.54) is 6.07 Å². The molecule has 1 aliphatic rings. The Kier molecular flexibility index (Phi) is 1.40. The van der Waals surface area contributed by atoms with E-state index in [9.17, 15) is 10.1 Å². The van der Waals surface area contributed by atoms with Gasteiger partial charge in [0.1, 0.15) is 0 Å². The molecule has 0 saturated carbocycles. The Morgan fingerprint density at radius 3 is 3.08 bits per heavy atom. The fourth-order valence-corrected chi connectivity index (χ4v) is 1.28. The lowest BCUT2D eigenvalue weighted by Crippen LogP contribution is -1.94. The highest BCUT2D eigenvalue weighted by molar-refractivity contribution is 5.89. The Balaban J connectivity index is 2.63. The summed E-state index contributed by atoms with van der Waals surface area (Å²) in [6, 6.07) is 5.04. The van der Waals surface area contributed by atoms with Crippen LogP contribution in [0.1, 0.15) is 11.1 Å². The quantitative estimate of drug-likeness (QED) is 0.464. The maximum Gasteiger partial charge on any atom is 0.278 e. The molecule has 4 nitrogen and oxygen atoms in total. The lowest BCUT2D eigenvalue weighted by molar-refractivity contribution is -0.385. The van der Waals surface area contributed by atoms with Gasteiger partial charge in [-0.2, -0.15) is 0 Å². The summed E-state index contributed by atoms with van der Waals surface area (Å²) in [5.74, 6) is 0. The highest BCUT2D eigenvalue weighted by atomic mass is 16.6. The molecule has 4 heteroatoms. The van der Waals surface area contributed by atoms with Crippen LogP contribution in [0.25, 0.3) is 0 Å². The van der Waals surface area contributed by atoms with E-state index in [0.717, 1.165) is 5.56 Å². The third-order valence-corrected chi connectivity index (χ3v) is 1.85. The van der Waals surface area contributed by atoms with E-state index in [0.29, 0.717) is 12.1 Å². The molecule has 1 aliphatic heterocycles. The van der Waals surface area contributed by atoms with Crippen molar-refractivity contribution in [3.8, 4) is 0 Å². The average Bonchev–Trinajstić information content (AvgIpc) is 2.49. The summed E-state index contributed by atoms with van der Waals surface area (Å²) in [5, 5.41) is 10.5. The molecule has 0 bridgehead atoms. The lowest BCUT2D eigenvalue weighted by Gasteiger charge is -1.96. The van der Waals surface area contributed by atoms with Crippen LogP contribution in [0.2, 0.25) is 0 Å². The van der Waals surface area contributed by atoms with E-state index in [4.69, 9.17) is 0 Å². The van der Waals surface area contributed by atoms with Gasteiger partial charge in [0.15, 0.2) is 0 Å². The van der Waals surface area contributed by atoms with E-state index in [1.807, 2.05) is 6.07 Å². The van der Waals surface area contributed by atoms with Crippen LogP contribution in [0.5, 0.6) is 0 Å². The molecule has 0 radical (unpaired) electrons. The zero-order chi connectivity index (χ0) is 8.55. The number of fused-ring (bicyclic) bond motifs is 1. The van der Waals surface area contributed by atoms with Crippen LogP contribution in [-0.2, 0) is 6.54 Å². The van der Waals surface area contributed by atoms with Gasteiger partial charge in [-0.25, -0.2) is 0 Å². The Hall–Kier alpha value is -1.71. The highest BCUT2D eigenvalue weighted by Crippen LogP contribution is 2.24. The number of nitro groups is 1. The topological polar surface area (TPSA) is 55.5 Å². The largest absolute Gasteiger partial charge is 0.288 e. The van der Waals surface area contributed by atoms with Gasteiger partial charge in [0.2, 0.25) is 0 Å². The van der Waals surface area contributed by atoms with Crippen molar-refractivity contribution in [2.75, 3.05) is 0 Å². The summed E-state index contributed by atoms with van der Waals surface area (Å²) in [6.07, 6.45) is 1.56. The molecule has 60 valence electrons. The van der Waals surface area contributed by atoms with Gasteiger partial charge in [0.05, 0.1) is 17.0 Å². The Morgan fingerprint density at radius 1 is 1.50 bits per heavy atom. The Labute approximate surface area is 68.7 Å². The average molecular weight is 162 g/mol. The van der Waals surface area contributed by atoms with Gasteiger partial charge >= 0.3 is 0 Å². The molecule has 1 aromatic rings. The van der Waals surface area contributed by atoms with E-state index >= 15 is 0 Å². The Bertz CT molecular complexity index is 371. The van der Waals surface area contributed by atoms with Gasteiger partial charge in [-0.05, 0) is 5.56 Å². The van der Waals surface area contributed by atoms with Crippen LogP contribution >= 0.6 is 0 Å². The molecule has 0 saturated heterocycles. The smallest absolute Gasteiger partial charge is 0.278 e. The minimum atomic E-state index is -0.379. The molecule has 0 amide bonds. The number of nitro benzene ring substituents is 1. The summed E-state index contributed by atoms with van der Waals surface area (Å²) in [5.41, 5.74) is 1.74. The maximum atomic E-state index is 10.5. The minimum Gasteiger partial charge on any atom is -0.288 e. The third kappa shape index (κ3) is 0.887. The normalized spacial score (nSPS) is 13.0. The van der Waals surface area contributed by atoms with Gasteiger partial charge in [-0.15, -0.1) is 0 Å². The fraction of sp³-hybridized carbons (Fsp3) is 0.125. The van der Waals surface area contributed by atoms with Crippen molar-refractivity contribution in [2.45, 2.75) is 6.54 Å². The first-order chi connectivity index (χ1) is 5.79. The molecule has 0 atom stereocenters. The molecule has 0 spiro atoms. The van der Waals surface area contributed by atoms with Crippen molar-refractivity contribution in [3.05, 3.63) is 39.4 Å². The predicted octanol–water partition coefficient (Wildman–Crippen LogP) is 1.53. The predicted molar refractivity (Wildman–Crippen MR) is 44.4 cm³/mol. The molecule has 2 rings (SSSR count). The first-order valence-electron chi connectivity index (χ1n) is 3.55. The molecule has 0 aromatic heterocycles. The second kappa shape index (κ2) is 2.41. The monoisotopic (exact) mass is 162 g/mol. The SMILES string of the molecule is O=[N+]([O-])c1cccc2c1C=NC2. The standard InChI is InChI=1S/C8H6N2O2/c11-10(12)8-3-1-2-6-4-9-5-7(6)8/h1-3,5H,4H2. The second-order valence-electron chi connectivity index (χ2n) is 2.58. The number of benzene rings is 1. The van der Waals surface area contributed by atoms with Gasteiger partial charge in [-0.3, -0.25) is 15.1 Å². The van der Waals surface area contributed by atoms with Gasteiger partial charge in [0, 0.05) is 12.3 Å². The number of rotatable bonds is 1. The molecule has 12 heavy (non-hydrogen) atoms. The van der Waals surface area contributed by atoms with E-state index in [-0.39, 0.29) is 10.6 Å². The van der Waals surface area contributed by atoms with Crippen LogP contribution in [0, 0.1) is 10.1 Å². The minimum absolute atomic E-state index is 0.147. The molecular formula is C8H6N2O2. The zero-order valence-corrected chi connectivity index (χ0v) is 6.23. The molecule has 0 fully saturated rings. The molecule has 0 N–H and O–H groups in total. The molecular weight excluding hydrogens is 156 g/mol. The molecule has 0 unspecified atom stereocenters. The first-order valence-corrected chi connectivity index (χ1v) is 3.55. The van der Waals surface area contributed by atoms with Gasteiger partial charge in [-0.1, -0.05) is 12.1 Å². The van der Waals surface area contributed by atoms with Crippen molar-refractivity contribution in [1.82, 2.24) is 0 Å². The van der Waals surface area contributed by atoms with Gasteiger partial charge < -0.3 is 0 Å². The zero-order valence-electron chi connectivity index (χ0n) is 6.23. The highest BCUT2D eigenvalue weighted by Gasteiger charge is 2.17. The summed E-state index contributed by atoms with van der Waals surface area (Å²) >= 11 is 0. The van der Waals surface area contributed by atoms with E-state index < -0.39 is 0 Å². The molecule has 1 heterocycles. The summed E-state index contributed by atoms with van der Waals surface area (Å²) < 4.78 is 0. The molecule has 0 aliphatic carbocycles. The van der Waals surface area contributed by atoms with Gasteiger partial charge in [0.25, 0.3) is 5.69 Å². The van der Waals surface area contributed by atoms with Crippen LogP contribution in [0.3, 0.4) is 0 Å².